The fourth-order valence-corrected chi connectivity index (χ4v) is 6.81. The average molecular weight is 643 g/mol. The van der Waals surface area contributed by atoms with Gasteiger partial charge in [-0.15, -0.1) is 0 Å². The van der Waals surface area contributed by atoms with Crippen LogP contribution in [0.5, 0.6) is 0 Å². The van der Waals surface area contributed by atoms with Crippen LogP contribution >= 0.6 is 0 Å². The third kappa shape index (κ3) is 5.65. The van der Waals surface area contributed by atoms with E-state index in [9.17, 15) is 28.8 Å². The average Bonchev–Trinajstić information content (AvgIpc) is 3.11. The Balaban J connectivity index is 1.65. The number of rotatable bonds is 14. The van der Waals surface area contributed by atoms with Gasteiger partial charge in [-0.05, 0) is 25.0 Å². The Morgan fingerprint density at radius 1 is 0.500 bits per heavy atom. The number of unbranched alkanes of at least 4 members (excludes halogenated alkanes) is 6. The molecule has 4 amide bonds. The van der Waals surface area contributed by atoms with Crippen molar-refractivity contribution in [3.63, 3.8) is 0 Å². The third-order valence-corrected chi connectivity index (χ3v) is 9.31. The van der Waals surface area contributed by atoms with Crippen molar-refractivity contribution >= 4 is 46.0 Å². The first-order valence-corrected chi connectivity index (χ1v) is 16.9. The van der Waals surface area contributed by atoms with E-state index < -0.39 is 35.2 Å². The standard InChI is InChI=1S/C40H38N2O6/c1-3-5-7-15-21-41-37(45)29-23-28(36(44)26-19-13-10-14-20-26)34-32-30(38(46)42(40(34)48)22-16-8-6-4-2)24-27(33(31(29)32)39(41)47)35(43)25-17-11-9-12-18-25/h9-14,17-20,23-24H,3-8,15-16,21-22H2,1-2H3. The predicted molar refractivity (Wildman–Crippen MR) is 183 cm³/mol. The second-order valence-electron chi connectivity index (χ2n) is 12.5. The summed E-state index contributed by atoms with van der Waals surface area (Å²) in [5, 5.41) is 0.164. The van der Waals surface area contributed by atoms with E-state index in [0.717, 1.165) is 48.3 Å². The molecule has 0 bridgehead atoms. The molecule has 0 atom stereocenters. The van der Waals surface area contributed by atoms with Gasteiger partial charge in [-0.3, -0.25) is 38.6 Å². The molecule has 2 aliphatic heterocycles. The Labute approximate surface area is 279 Å². The zero-order chi connectivity index (χ0) is 33.9. The van der Waals surface area contributed by atoms with Crippen LogP contribution in [0.2, 0.25) is 0 Å². The lowest BCUT2D eigenvalue weighted by Crippen LogP contribution is -2.45. The number of hydrogen-bond acceptors (Lipinski definition) is 6. The maximum Gasteiger partial charge on any atom is 0.262 e. The first kappa shape index (κ1) is 32.7. The number of ketones is 2. The lowest BCUT2D eigenvalue weighted by atomic mass is 9.79. The van der Waals surface area contributed by atoms with Crippen LogP contribution < -0.4 is 0 Å². The van der Waals surface area contributed by atoms with Crippen molar-refractivity contribution in [3.05, 3.63) is 117 Å². The minimum Gasteiger partial charge on any atom is -0.289 e. The van der Waals surface area contributed by atoms with E-state index in [4.69, 9.17) is 0 Å². The van der Waals surface area contributed by atoms with Crippen LogP contribution in [0.15, 0.2) is 72.8 Å². The van der Waals surface area contributed by atoms with E-state index >= 15 is 0 Å². The van der Waals surface area contributed by atoms with Gasteiger partial charge >= 0.3 is 0 Å². The van der Waals surface area contributed by atoms with Gasteiger partial charge in [-0.2, -0.15) is 0 Å². The number of hydrogen-bond donors (Lipinski definition) is 0. The molecule has 0 saturated carbocycles. The summed E-state index contributed by atoms with van der Waals surface area (Å²) in [7, 11) is 0. The molecule has 2 aliphatic rings. The number of carbonyl (C=O) groups excluding carboxylic acids is 6. The number of benzene rings is 4. The summed E-state index contributed by atoms with van der Waals surface area (Å²) in [5.41, 5.74) is 0.610. The first-order valence-electron chi connectivity index (χ1n) is 16.9. The van der Waals surface area contributed by atoms with Gasteiger partial charge in [0.1, 0.15) is 0 Å². The highest BCUT2D eigenvalue weighted by molar-refractivity contribution is 6.38. The van der Waals surface area contributed by atoms with E-state index in [1.165, 1.54) is 12.1 Å². The smallest absolute Gasteiger partial charge is 0.262 e. The summed E-state index contributed by atoms with van der Waals surface area (Å²) in [6.45, 7) is 4.39. The highest BCUT2D eigenvalue weighted by Gasteiger charge is 2.44. The van der Waals surface area contributed by atoms with Gasteiger partial charge in [0.05, 0.1) is 11.1 Å². The lowest BCUT2D eigenvalue weighted by molar-refractivity contribution is 0.0584. The zero-order valence-corrected chi connectivity index (χ0v) is 27.3. The molecule has 48 heavy (non-hydrogen) atoms. The highest BCUT2D eigenvalue weighted by Crippen LogP contribution is 2.42. The summed E-state index contributed by atoms with van der Waals surface area (Å²) >= 11 is 0. The maximum atomic E-state index is 14.3. The topological polar surface area (TPSA) is 109 Å². The minimum atomic E-state index is -0.648. The Hall–Kier alpha value is -5.24. The van der Waals surface area contributed by atoms with Crippen LogP contribution in [0.25, 0.3) is 10.8 Å². The Kier molecular flexibility index (Phi) is 9.44. The molecule has 4 aromatic carbocycles. The lowest BCUT2D eigenvalue weighted by Gasteiger charge is -2.34. The molecule has 8 heteroatoms. The Morgan fingerprint density at radius 2 is 0.875 bits per heavy atom. The second-order valence-corrected chi connectivity index (χ2v) is 12.5. The number of amides is 4. The molecule has 8 nitrogen and oxygen atoms in total. The number of imide groups is 2. The third-order valence-electron chi connectivity index (χ3n) is 9.31. The van der Waals surface area contributed by atoms with E-state index in [2.05, 4.69) is 13.8 Å². The first-order chi connectivity index (χ1) is 23.3. The van der Waals surface area contributed by atoms with Crippen LogP contribution in [-0.2, 0) is 0 Å². The molecule has 0 saturated heterocycles. The molecule has 2 heterocycles. The van der Waals surface area contributed by atoms with Crippen LogP contribution in [0.3, 0.4) is 0 Å². The van der Waals surface area contributed by atoms with Crippen molar-refractivity contribution in [3.8, 4) is 0 Å². The maximum absolute atomic E-state index is 14.3. The van der Waals surface area contributed by atoms with Crippen molar-refractivity contribution in [2.45, 2.75) is 65.2 Å². The van der Waals surface area contributed by atoms with Gasteiger partial charge in [0, 0.05) is 57.2 Å². The number of carbonyl (C=O) groups is 6. The minimum absolute atomic E-state index is 0.0114. The fourth-order valence-electron chi connectivity index (χ4n) is 6.81. The summed E-state index contributed by atoms with van der Waals surface area (Å²) in [5.74, 6) is -3.48. The molecule has 0 radical (unpaired) electrons. The molecule has 6 rings (SSSR count). The molecule has 0 unspecified atom stereocenters. The van der Waals surface area contributed by atoms with Gasteiger partial charge in [0.15, 0.2) is 11.6 Å². The zero-order valence-electron chi connectivity index (χ0n) is 27.3. The van der Waals surface area contributed by atoms with Gasteiger partial charge in [0.2, 0.25) is 0 Å². The highest BCUT2D eigenvalue weighted by atomic mass is 16.2. The van der Waals surface area contributed by atoms with E-state index in [1.807, 2.05) is 0 Å². The molecule has 0 spiro atoms. The molecular weight excluding hydrogens is 604 g/mol. The SMILES string of the molecule is CCCCCCN1C(=O)c2cc(C(=O)c3ccccc3)c3c4c(cc(C(=O)c5ccccc5)c(c24)C1=O)C(=O)N(CCCCCC)C3=O. The van der Waals surface area contributed by atoms with Crippen molar-refractivity contribution in [2.24, 2.45) is 0 Å². The van der Waals surface area contributed by atoms with Crippen LogP contribution in [0.4, 0.5) is 0 Å². The molecule has 0 aliphatic carbocycles. The van der Waals surface area contributed by atoms with E-state index in [1.54, 1.807) is 60.7 Å². The summed E-state index contributed by atoms with van der Waals surface area (Å²) in [6.07, 6.45) is 6.55. The van der Waals surface area contributed by atoms with E-state index in [-0.39, 0.29) is 57.2 Å². The van der Waals surface area contributed by atoms with Crippen LogP contribution in [0, 0.1) is 0 Å². The van der Waals surface area contributed by atoms with E-state index in [0.29, 0.717) is 24.0 Å². The van der Waals surface area contributed by atoms with Gasteiger partial charge in [0.25, 0.3) is 23.6 Å². The van der Waals surface area contributed by atoms with Crippen molar-refractivity contribution in [1.82, 2.24) is 9.80 Å². The van der Waals surface area contributed by atoms with Crippen molar-refractivity contribution < 1.29 is 28.8 Å². The molecule has 244 valence electrons. The Morgan fingerprint density at radius 3 is 1.23 bits per heavy atom. The van der Waals surface area contributed by atoms with Crippen LogP contribution in [-0.4, -0.2) is 58.1 Å². The van der Waals surface area contributed by atoms with Crippen molar-refractivity contribution in [2.75, 3.05) is 13.1 Å². The molecular formula is C40H38N2O6. The summed E-state index contributed by atoms with van der Waals surface area (Å²) in [4.78, 5) is 87.7. The largest absolute Gasteiger partial charge is 0.289 e. The Bertz CT molecular complexity index is 1820. The molecule has 0 N–H and O–H groups in total. The summed E-state index contributed by atoms with van der Waals surface area (Å²) in [6, 6.07) is 19.7. The molecule has 4 aromatic rings. The second kappa shape index (κ2) is 13.9. The van der Waals surface area contributed by atoms with Crippen LogP contribution in [0.1, 0.15) is 138 Å². The monoisotopic (exact) mass is 642 g/mol. The predicted octanol–water partition coefficient (Wildman–Crippen LogP) is 7.65. The molecule has 0 aromatic heterocycles. The fraction of sp³-hybridized carbons (Fsp3) is 0.300. The van der Waals surface area contributed by atoms with Gasteiger partial charge < -0.3 is 0 Å². The quantitative estimate of drug-likeness (QED) is 0.0794. The summed E-state index contributed by atoms with van der Waals surface area (Å²) < 4.78 is 0. The molecule has 0 fully saturated rings. The normalized spacial score (nSPS) is 13.9. The van der Waals surface area contributed by atoms with Gasteiger partial charge in [-0.1, -0.05) is 113 Å². The number of nitrogens with zero attached hydrogens (tertiary/aromatic N) is 2. The van der Waals surface area contributed by atoms with Crippen molar-refractivity contribution in [1.29, 1.82) is 0 Å². The van der Waals surface area contributed by atoms with Gasteiger partial charge in [-0.25, -0.2) is 0 Å².